The molecule has 0 fully saturated rings. The smallest absolute Gasteiger partial charge is 0.332 e. The molecule has 0 N–H and O–H groups in total. The number of ether oxygens (including phenoxy) is 1. The van der Waals surface area contributed by atoms with Gasteiger partial charge in [-0.2, -0.15) is 4.98 Å². The largest absolute Gasteiger partial charge is 0.465 e. The van der Waals surface area contributed by atoms with Gasteiger partial charge in [0.1, 0.15) is 0 Å². The Morgan fingerprint density at radius 2 is 1.80 bits per heavy atom. The molecule has 7 nitrogen and oxygen atoms in total. The number of benzene rings is 1. The van der Waals surface area contributed by atoms with Crippen LogP contribution < -0.4 is 16.0 Å². The van der Waals surface area contributed by atoms with Gasteiger partial charge in [-0.3, -0.25) is 18.5 Å². The lowest BCUT2D eigenvalue weighted by Crippen LogP contribution is -2.37. The van der Waals surface area contributed by atoms with Crippen LogP contribution >= 0.6 is 11.6 Å². The van der Waals surface area contributed by atoms with E-state index in [-0.39, 0.29) is 0 Å². The summed E-state index contributed by atoms with van der Waals surface area (Å²) in [7, 11) is 3.05. The molecule has 0 atom stereocenters. The third-order valence-corrected chi connectivity index (χ3v) is 4.25. The normalized spacial score (nSPS) is 11.2. The van der Waals surface area contributed by atoms with Crippen molar-refractivity contribution in [1.29, 1.82) is 0 Å². The Labute approximate surface area is 149 Å². The van der Waals surface area contributed by atoms with Gasteiger partial charge in [0, 0.05) is 19.1 Å². The predicted molar refractivity (Wildman–Crippen MR) is 96.6 cm³/mol. The molecule has 0 radical (unpaired) electrons. The van der Waals surface area contributed by atoms with Gasteiger partial charge in [-0.25, -0.2) is 4.79 Å². The number of imidazole rings is 1. The summed E-state index contributed by atoms with van der Waals surface area (Å²) in [6, 6.07) is 7.66. The Kier molecular flexibility index (Phi) is 4.67. The maximum atomic E-state index is 12.7. The van der Waals surface area contributed by atoms with Gasteiger partial charge in [0.05, 0.1) is 13.2 Å². The zero-order chi connectivity index (χ0) is 18.1. The molecule has 3 aromatic rings. The van der Waals surface area contributed by atoms with Crippen molar-refractivity contribution in [1.82, 2.24) is 18.7 Å². The first-order chi connectivity index (χ1) is 11.9. The summed E-state index contributed by atoms with van der Waals surface area (Å²) in [5.74, 6) is 0. The molecule has 0 saturated heterocycles. The summed E-state index contributed by atoms with van der Waals surface area (Å²) in [6.45, 7) is 2.85. The van der Waals surface area contributed by atoms with Crippen LogP contribution in [0.15, 0.2) is 33.9 Å². The zero-order valence-electron chi connectivity index (χ0n) is 14.3. The summed E-state index contributed by atoms with van der Waals surface area (Å²) >= 11 is 5.94. The van der Waals surface area contributed by atoms with Gasteiger partial charge in [0.25, 0.3) is 11.6 Å². The third kappa shape index (κ3) is 3.07. The summed E-state index contributed by atoms with van der Waals surface area (Å²) < 4.78 is 9.85. The fraction of sp³-hybridized carbons (Fsp3) is 0.353. The highest BCUT2D eigenvalue weighted by atomic mass is 35.5. The van der Waals surface area contributed by atoms with E-state index in [1.165, 1.54) is 11.6 Å². The molecule has 132 valence electrons. The van der Waals surface area contributed by atoms with Crippen LogP contribution in [0.2, 0.25) is 5.02 Å². The summed E-state index contributed by atoms with van der Waals surface area (Å²) in [5.41, 5.74) is 0.779. The highest BCUT2D eigenvalue weighted by molar-refractivity contribution is 6.30. The first kappa shape index (κ1) is 17.3. The number of aromatic nitrogens is 4. The van der Waals surface area contributed by atoms with Crippen LogP contribution in [0, 0.1) is 0 Å². The van der Waals surface area contributed by atoms with Crippen LogP contribution in [0.5, 0.6) is 6.01 Å². The molecule has 0 amide bonds. The molecule has 0 aliphatic carbocycles. The minimum absolute atomic E-state index is 0.313. The van der Waals surface area contributed by atoms with E-state index in [0.717, 1.165) is 16.6 Å². The number of halogens is 1. The van der Waals surface area contributed by atoms with E-state index < -0.39 is 11.2 Å². The van der Waals surface area contributed by atoms with Gasteiger partial charge >= 0.3 is 5.69 Å². The van der Waals surface area contributed by atoms with E-state index in [1.54, 1.807) is 23.7 Å². The second-order valence-electron chi connectivity index (χ2n) is 5.83. The topological polar surface area (TPSA) is 71.1 Å². The monoisotopic (exact) mass is 362 g/mol. The second-order valence-corrected chi connectivity index (χ2v) is 6.27. The predicted octanol–water partition coefficient (Wildman–Crippen LogP) is 1.92. The van der Waals surface area contributed by atoms with Crippen LogP contribution in [-0.4, -0.2) is 25.3 Å². The lowest BCUT2D eigenvalue weighted by Gasteiger charge is -2.10. The highest BCUT2D eigenvalue weighted by Crippen LogP contribution is 2.20. The van der Waals surface area contributed by atoms with E-state index in [0.29, 0.717) is 35.3 Å². The molecule has 0 bridgehead atoms. The van der Waals surface area contributed by atoms with Crippen molar-refractivity contribution in [2.24, 2.45) is 14.1 Å². The quantitative estimate of drug-likeness (QED) is 0.695. The van der Waals surface area contributed by atoms with Crippen molar-refractivity contribution in [2.75, 3.05) is 6.61 Å². The number of hydrogen-bond donors (Lipinski definition) is 0. The van der Waals surface area contributed by atoms with Crippen LogP contribution in [-0.2, 0) is 20.6 Å². The van der Waals surface area contributed by atoms with E-state index >= 15 is 0 Å². The summed E-state index contributed by atoms with van der Waals surface area (Å²) in [6.07, 6.45) is 0.807. The Balaban J connectivity index is 2.24. The lowest BCUT2D eigenvalue weighted by molar-refractivity contribution is 0.282. The number of fused-ring (bicyclic) bond motifs is 1. The Bertz CT molecular complexity index is 1030. The van der Waals surface area contributed by atoms with Crippen molar-refractivity contribution >= 4 is 22.8 Å². The van der Waals surface area contributed by atoms with Gasteiger partial charge in [-0.05, 0) is 24.1 Å². The Morgan fingerprint density at radius 3 is 2.44 bits per heavy atom. The van der Waals surface area contributed by atoms with Gasteiger partial charge < -0.3 is 4.74 Å². The number of rotatable bonds is 5. The van der Waals surface area contributed by atoms with Gasteiger partial charge in [-0.15, -0.1) is 0 Å². The minimum atomic E-state index is -0.421. The molecule has 2 heterocycles. The van der Waals surface area contributed by atoms with E-state index in [4.69, 9.17) is 16.3 Å². The standard InChI is InChI=1S/C17H19ClN4O3/c1-4-9-25-16-19-14-13(15(23)21(3)17(24)20(14)2)22(16)10-11-5-7-12(18)8-6-11/h5-8H,4,9-10H2,1-3H3. The zero-order valence-corrected chi connectivity index (χ0v) is 15.1. The second kappa shape index (κ2) is 6.76. The molecule has 25 heavy (non-hydrogen) atoms. The Hall–Kier alpha value is -2.54. The molecule has 0 spiro atoms. The fourth-order valence-electron chi connectivity index (χ4n) is 2.65. The molecular formula is C17H19ClN4O3. The average molecular weight is 363 g/mol. The van der Waals surface area contributed by atoms with E-state index in [2.05, 4.69) is 4.98 Å². The number of hydrogen-bond acceptors (Lipinski definition) is 4. The fourth-order valence-corrected chi connectivity index (χ4v) is 2.78. The molecular weight excluding hydrogens is 344 g/mol. The molecule has 8 heteroatoms. The summed E-state index contributed by atoms with van der Waals surface area (Å²) in [4.78, 5) is 29.2. The molecule has 0 unspecified atom stereocenters. The number of aryl methyl sites for hydroxylation is 1. The molecule has 0 saturated carbocycles. The average Bonchev–Trinajstić information content (AvgIpc) is 2.96. The lowest BCUT2D eigenvalue weighted by atomic mass is 10.2. The first-order valence-corrected chi connectivity index (χ1v) is 8.35. The van der Waals surface area contributed by atoms with E-state index in [9.17, 15) is 9.59 Å². The molecule has 0 aliphatic heterocycles. The van der Waals surface area contributed by atoms with Crippen molar-refractivity contribution in [3.8, 4) is 6.01 Å². The molecule has 3 rings (SSSR count). The van der Waals surface area contributed by atoms with Crippen molar-refractivity contribution in [3.63, 3.8) is 0 Å². The third-order valence-electron chi connectivity index (χ3n) is 4.00. The van der Waals surface area contributed by atoms with Crippen molar-refractivity contribution in [2.45, 2.75) is 19.9 Å². The van der Waals surface area contributed by atoms with Crippen LogP contribution in [0.3, 0.4) is 0 Å². The summed E-state index contributed by atoms with van der Waals surface area (Å²) in [5, 5.41) is 0.639. The molecule has 2 aromatic heterocycles. The van der Waals surface area contributed by atoms with Gasteiger partial charge in [0.15, 0.2) is 11.2 Å². The van der Waals surface area contributed by atoms with Crippen LogP contribution in [0.1, 0.15) is 18.9 Å². The minimum Gasteiger partial charge on any atom is -0.465 e. The maximum absolute atomic E-state index is 12.7. The highest BCUT2D eigenvalue weighted by Gasteiger charge is 2.20. The SMILES string of the molecule is CCCOc1nc2c(c(=O)n(C)c(=O)n2C)n1Cc1ccc(Cl)cc1. The molecule has 1 aromatic carbocycles. The maximum Gasteiger partial charge on any atom is 0.332 e. The number of nitrogens with zero attached hydrogens (tertiary/aromatic N) is 4. The van der Waals surface area contributed by atoms with Gasteiger partial charge in [-0.1, -0.05) is 30.7 Å². The van der Waals surface area contributed by atoms with Crippen molar-refractivity contribution in [3.05, 3.63) is 55.7 Å². The van der Waals surface area contributed by atoms with E-state index in [1.807, 2.05) is 19.1 Å². The Morgan fingerprint density at radius 1 is 1.12 bits per heavy atom. The molecule has 0 aliphatic rings. The van der Waals surface area contributed by atoms with Crippen LogP contribution in [0.4, 0.5) is 0 Å². The van der Waals surface area contributed by atoms with Crippen LogP contribution in [0.25, 0.3) is 11.2 Å². The first-order valence-electron chi connectivity index (χ1n) is 7.97. The van der Waals surface area contributed by atoms with Crippen molar-refractivity contribution < 1.29 is 4.74 Å². The van der Waals surface area contributed by atoms with Gasteiger partial charge in [0.2, 0.25) is 0 Å².